The number of rotatable bonds is 7. The Morgan fingerprint density at radius 1 is 1.07 bits per heavy atom. The smallest absolute Gasteiger partial charge is 0.345 e. The maximum Gasteiger partial charge on any atom is 0.345 e. The molecule has 1 atom stereocenters. The van der Waals surface area contributed by atoms with Crippen LogP contribution in [0.15, 0.2) is 42.5 Å². The van der Waals surface area contributed by atoms with Crippen molar-refractivity contribution in [3.63, 3.8) is 0 Å². The summed E-state index contributed by atoms with van der Waals surface area (Å²) in [6.07, 6.45) is 0.383. The highest BCUT2D eigenvalue weighted by molar-refractivity contribution is 5.99. The lowest BCUT2D eigenvalue weighted by Gasteiger charge is -2.17. The van der Waals surface area contributed by atoms with Crippen LogP contribution in [0.5, 0.6) is 0 Å². The molecule has 7 nitrogen and oxygen atoms in total. The third kappa shape index (κ3) is 4.69. The molecule has 0 saturated heterocycles. The van der Waals surface area contributed by atoms with Crippen molar-refractivity contribution in [2.75, 3.05) is 5.32 Å². The molecule has 0 aliphatic heterocycles. The number of amides is 1. The number of hydrogen-bond donors (Lipinski definition) is 1. The number of benzene rings is 2. The minimum Gasteiger partial charge on any atom is -0.449 e. The van der Waals surface area contributed by atoms with Crippen LogP contribution >= 0.6 is 0 Å². The van der Waals surface area contributed by atoms with E-state index in [1.807, 2.05) is 32.0 Å². The number of nitrogens with one attached hydrogen (secondary N) is 1. The molecule has 0 spiro atoms. The first-order valence-corrected chi connectivity index (χ1v) is 8.75. The monoisotopic (exact) mass is 370 g/mol. The number of anilines is 1. The predicted octanol–water partition coefficient (Wildman–Crippen LogP) is 3.90. The van der Waals surface area contributed by atoms with Crippen molar-refractivity contribution in [1.82, 2.24) is 0 Å². The lowest BCUT2D eigenvalue weighted by Crippen LogP contribution is -2.31. The van der Waals surface area contributed by atoms with Gasteiger partial charge < -0.3 is 10.1 Å². The van der Waals surface area contributed by atoms with Crippen molar-refractivity contribution in [2.24, 2.45) is 0 Å². The number of aryl methyl sites for hydroxylation is 2. The number of nitrogens with zero attached hydrogens (tertiary/aromatic N) is 1. The number of nitro groups is 1. The summed E-state index contributed by atoms with van der Waals surface area (Å²) >= 11 is 0. The Balaban J connectivity index is 2.16. The van der Waals surface area contributed by atoms with Gasteiger partial charge in [-0.1, -0.05) is 44.2 Å². The normalized spacial score (nSPS) is 11.5. The van der Waals surface area contributed by atoms with Gasteiger partial charge in [-0.25, -0.2) is 4.79 Å². The zero-order chi connectivity index (χ0) is 20.0. The number of esters is 1. The molecular formula is C20H22N2O5. The molecule has 0 unspecified atom stereocenters. The molecule has 0 heterocycles. The van der Waals surface area contributed by atoms with E-state index >= 15 is 0 Å². The summed E-state index contributed by atoms with van der Waals surface area (Å²) in [4.78, 5) is 35.2. The average molecular weight is 370 g/mol. The van der Waals surface area contributed by atoms with Gasteiger partial charge in [0.15, 0.2) is 6.10 Å². The maximum atomic E-state index is 12.5. The van der Waals surface area contributed by atoms with Crippen molar-refractivity contribution >= 4 is 23.3 Å². The van der Waals surface area contributed by atoms with E-state index in [-0.39, 0.29) is 11.3 Å². The fraction of sp³-hybridized carbons (Fsp3) is 0.300. The first-order valence-electron chi connectivity index (χ1n) is 8.75. The molecule has 2 rings (SSSR count). The average Bonchev–Trinajstić information content (AvgIpc) is 2.67. The van der Waals surface area contributed by atoms with E-state index in [0.29, 0.717) is 0 Å². The second-order valence-corrected chi connectivity index (χ2v) is 5.97. The Bertz CT molecular complexity index is 841. The van der Waals surface area contributed by atoms with Gasteiger partial charge in [0.05, 0.1) is 4.92 Å². The second-order valence-electron chi connectivity index (χ2n) is 5.97. The SMILES string of the molecule is CCc1cccc(CC)c1NC(=O)[C@H](C)OC(=O)c1ccccc1[N+](=O)[O-]. The van der Waals surface area contributed by atoms with Crippen LogP contribution in [0, 0.1) is 10.1 Å². The molecule has 2 aromatic rings. The molecule has 0 aliphatic rings. The van der Waals surface area contributed by atoms with Crippen molar-refractivity contribution in [2.45, 2.75) is 39.7 Å². The highest BCUT2D eigenvalue weighted by Gasteiger charge is 2.25. The number of carbonyl (C=O) groups excluding carboxylic acids is 2. The Kier molecular flexibility index (Phi) is 6.65. The topological polar surface area (TPSA) is 98.5 Å². The van der Waals surface area contributed by atoms with Gasteiger partial charge in [0, 0.05) is 11.8 Å². The zero-order valence-electron chi connectivity index (χ0n) is 15.5. The van der Waals surface area contributed by atoms with Crippen molar-refractivity contribution in [1.29, 1.82) is 0 Å². The summed E-state index contributed by atoms with van der Waals surface area (Å²) in [5.74, 6) is -1.40. The van der Waals surface area contributed by atoms with Gasteiger partial charge in [0.1, 0.15) is 5.56 Å². The number of ether oxygens (including phenoxy) is 1. The fourth-order valence-corrected chi connectivity index (χ4v) is 2.71. The lowest BCUT2D eigenvalue weighted by atomic mass is 10.0. The fourth-order valence-electron chi connectivity index (χ4n) is 2.71. The highest BCUT2D eigenvalue weighted by atomic mass is 16.6. The summed E-state index contributed by atoms with van der Waals surface area (Å²) in [5, 5.41) is 13.9. The van der Waals surface area contributed by atoms with Gasteiger partial charge in [-0.3, -0.25) is 14.9 Å². The van der Waals surface area contributed by atoms with E-state index in [1.54, 1.807) is 0 Å². The standard InChI is InChI=1S/C20H22N2O5/c1-4-14-9-8-10-15(5-2)18(14)21-19(23)13(3)27-20(24)16-11-6-7-12-17(16)22(25)26/h6-13H,4-5H2,1-3H3,(H,21,23)/t13-/m0/s1. The molecule has 142 valence electrons. The quantitative estimate of drug-likeness (QED) is 0.453. The second kappa shape index (κ2) is 8.93. The van der Waals surface area contributed by atoms with Crippen LogP contribution < -0.4 is 5.32 Å². The number of carbonyl (C=O) groups is 2. The molecule has 1 amide bonds. The van der Waals surface area contributed by atoms with Crippen LogP contribution in [0.25, 0.3) is 0 Å². The maximum absolute atomic E-state index is 12.5. The van der Waals surface area contributed by atoms with Crippen molar-refractivity contribution < 1.29 is 19.2 Å². The van der Waals surface area contributed by atoms with E-state index in [0.717, 1.165) is 29.7 Å². The van der Waals surface area contributed by atoms with Crippen molar-refractivity contribution in [3.05, 3.63) is 69.3 Å². The van der Waals surface area contributed by atoms with Gasteiger partial charge in [0.2, 0.25) is 0 Å². The molecule has 0 aliphatic carbocycles. The van der Waals surface area contributed by atoms with Gasteiger partial charge in [-0.05, 0) is 37.0 Å². The molecule has 7 heteroatoms. The molecule has 1 N–H and O–H groups in total. The van der Waals surface area contributed by atoms with Crippen molar-refractivity contribution in [3.8, 4) is 0 Å². The van der Waals surface area contributed by atoms with Gasteiger partial charge >= 0.3 is 5.97 Å². The van der Waals surface area contributed by atoms with Crippen LogP contribution in [-0.4, -0.2) is 22.9 Å². The van der Waals surface area contributed by atoms with Crippen LogP contribution in [-0.2, 0) is 22.4 Å². The lowest BCUT2D eigenvalue weighted by molar-refractivity contribution is -0.385. The van der Waals surface area contributed by atoms with E-state index in [1.165, 1.54) is 31.2 Å². The molecule has 0 radical (unpaired) electrons. The van der Waals surface area contributed by atoms with Crippen LogP contribution in [0.3, 0.4) is 0 Å². The Labute approximate surface area is 157 Å². The zero-order valence-corrected chi connectivity index (χ0v) is 15.5. The summed E-state index contributed by atoms with van der Waals surface area (Å²) in [6.45, 7) is 5.41. The molecule has 0 saturated carbocycles. The van der Waals surface area contributed by atoms with Gasteiger partial charge in [0.25, 0.3) is 11.6 Å². The first kappa shape index (κ1) is 20.1. The number of nitro benzene ring substituents is 1. The molecule has 0 aromatic heterocycles. The molecule has 27 heavy (non-hydrogen) atoms. The molecule has 0 bridgehead atoms. The summed E-state index contributed by atoms with van der Waals surface area (Å²) in [6, 6.07) is 11.3. The van der Waals surface area contributed by atoms with Gasteiger partial charge in [-0.2, -0.15) is 0 Å². The number of hydrogen-bond acceptors (Lipinski definition) is 5. The molecule has 2 aromatic carbocycles. The van der Waals surface area contributed by atoms with Gasteiger partial charge in [-0.15, -0.1) is 0 Å². The largest absolute Gasteiger partial charge is 0.449 e. The Morgan fingerprint density at radius 2 is 1.67 bits per heavy atom. The van der Waals surface area contributed by atoms with E-state index < -0.39 is 22.9 Å². The molecule has 0 fully saturated rings. The van der Waals surface area contributed by atoms with Crippen LogP contribution in [0.2, 0.25) is 0 Å². The minimum atomic E-state index is -1.10. The minimum absolute atomic E-state index is 0.189. The third-order valence-corrected chi connectivity index (χ3v) is 4.22. The van der Waals surface area contributed by atoms with E-state index in [4.69, 9.17) is 4.74 Å². The van der Waals surface area contributed by atoms with Crippen LogP contribution in [0.4, 0.5) is 11.4 Å². The Morgan fingerprint density at radius 3 is 2.22 bits per heavy atom. The van der Waals surface area contributed by atoms with E-state index in [9.17, 15) is 19.7 Å². The molecular weight excluding hydrogens is 348 g/mol. The predicted molar refractivity (Wildman–Crippen MR) is 102 cm³/mol. The van der Waals surface area contributed by atoms with Crippen LogP contribution in [0.1, 0.15) is 42.3 Å². The summed E-state index contributed by atoms with van der Waals surface area (Å²) < 4.78 is 5.15. The van der Waals surface area contributed by atoms with E-state index in [2.05, 4.69) is 5.32 Å². The number of para-hydroxylation sites is 2. The highest BCUT2D eigenvalue weighted by Crippen LogP contribution is 2.23. The third-order valence-electron chi connectivity index (χ3n) is 4.22. The Hall–Kier alpha value is -3.22. The first-order chi connectivity index (χ1) is 12.9. The summed E-state index contributed by atoms with van der Waals surface area (Å²) in [5.41, 5.74) is 2.14. The summed E-state index contributed by atoms with van der Waals surface area (Å²) in [7, 11) is 0.